The van der Waals surface area contributed by atoms with Crippen LogP contribution in [0.25, 0.3) is 0 Å². The lowest BCUT2D eigenvalue weighted by atomic mass is 10.2. The maximum absolute atomic E-state index is 16.0. The van der Waals surface area contributed by atoms with Gasteiger partial charge in [-0.2, -0.15) is 0 Å². The predicted octanol–water partition coefficient (Wildman–Crippen LogP) is 11.2. The Kier molecular flexibility index (Phi) is 8.66. The maximum atomic E-state index is 16.0. The van der Waals surface area contributed by atoms with E-state index in [1.807, 2.05) is 179 Å². The summed E-state index contributed by atoms with van der Waals surface area (Å²) in [5, 5.41) is 16.5. The largest absolute Gasteiger partial charge is 0.754 e. The lowest BCUT2D eigenvalue weighted by Gasteiger charge is -2.36. The molecule has 7 aromatic rings. The van der Waals surface area contributed by atoms with Crippen molar-refractivity contribution in [2.45, 2.75) is 0 Å². The molecule has 7 aromatic carbocycles. The van der Waals surface area contributed by atoms with Crippen LogP contribution in [0.3, 0.4) is 0 Å². The van der Waals surface area contributed by atoms with E-state index in [1.54, 1.807) is 0 Å². The van der Waals surface area contributed by atoms with Gasteiger partial charge in [0, 0.05) is 31.5 Å². The third kappa shape index (κ3) is 5.74. The molecule has 1 heterocycles. The molecular formula is C42H33N4O2P2-. The Bertz CT molecular complexity index is 2190. The molecule has 50 heavy (non-hydrogen) atoms. The van der Waals surface area contributed by atoms with Crippen molar-refractivity contribution in [2.75, 3.05) is 19.1 Å². The van der Waals surface area contributed by atoms with Crippen LogP contribution >= 0.6 is 16.2 Å². The lowest BCUT2D eigenvalue weighted by molar-refractivity contribution is 0.582. The van der Waals surface area contributed by atoms with Crippen molar-refractivity contribution < 1.29 is 4.57 Å². The second-order valence-corrected chi connectivity index (χ2v) is 15.4. The van der Waals surface area contributed by atoms with E-state index in [1.165, 1.54) is 0 Å². The Morgan fingerprint density at radius 1 is 0.460 bits per heavy atom. The van der Waals surface area contributed by atoms with Crippen LogP contribution in [0.4, 0.5) is 45.5 Å². The third-order valence-corrected chi connectivity index (χ3v) is 12.9. The molecule has 1 aliphatic heterocycles. The standard InChI is InChI=1S/C42H33N4O2P2/c47-43(33-17-5-1-6-18-33)39-25-13-14-26-40(39)44(34-19-7-2-8-20-34)49-37-29-31-38(32-30-37)50(48)45(35-21-9-3-10-22-35)41-27-15-16-28-42(41)46(50)36-23-11-4-12-24-36/h1-32,49H/q-1. The second kappa shape index (κ2) is 13.7. The fraction of sp³-hybridized carbons (Fsp3) is 0. The van der Waals surface area contributed by atoms with E-state index in [-0.39, 0.29) is 8.73 Å². The molecule has 1 atom stereocenters. The summed E-state index contributed by atoms with van der Waals surface area (Å²) in [5.41, 5.74) is 6.39. The van der Waals surface area contributed by atoms with Crippen LogP contribution in [0.15, 0.2) is 194 Å². The van der Waals surface area contributed by atoms with Gasteiger partial charge in [0.05, 0.1) is 28.1 Å². The first-order chi connectivity index (χ1) is 24.6. The van der Waals surface area contributed by atoms with Crippen LogP contribution in [0.5, 0.6) is 0 Å². The Labute approximate surface area is 294 Å². The Balaban J connectivity index is 1.21. The number of para-hydroxylation sites is 8. The molecule has 0 fully saturated rings. The molecular weight excluding hydrogens is 654 g/mol. The fourth-order valence-electron chi connectivity index (χ4n) is 6.39. The number of nitrogens with zero attached hydrogens (tertiary/aromatic N) is 4. The first kappa shape index (κ1) is 31.6. The first-order valence-electron chi connectivity index (χ1n) is 16.4. The van der Waals surface area contributed by atoms with Gasteiger partial charge in [-0.15, -0.1) is 0 Å². The summed E-state index contributed by atoms with van der Waals surface area (Å²) >= 11 is 0. The highest BCUT2D eigenvalue weighted by atomic mass is 31.2. The normalized spacial score (nSPS) is 13.4. The van der Waals surface area contributed by atoms with E-state index in [0.29, 0.717) is 11.4 Å². The van der Waals surface area contributed by atoms with E-state index in [0.717, 1.165) is 49.8 Å². The summed E-state index contributed by atoms with van der Waals surface area (Å²) in [5.74, 6) is 0. The van der Waals surface area contributed by atoms with Crippen molar-refractivity contribution in [1.29, 1.82) is 0 Å². The monoisotopic (exact) mass is 687 g/mol. The van der Waals surface area contributed by atoms with Crippen LogP contribution in [-0.2, 0) is 4.57 Å². The maximum Gasteiger partial charge on any atom is 0.301 e. The zero-order valence-corrected chi connectivity index (χ0v) is 28.9. The molecule has 0 saturated carbocycles. The van der Waals surface area contributed by atoms with Gasteiger partial charge >= 0.3 is 7.44 Å². The van der Waals surface area contributed by atoms with Crippen molar-refractivity contribution in [3.63, 3.8) is 0 Å². The van der Waals surface area contributed by atoms with Crippen LogP contribution in [0, 0.1) is 5.21 Å². The first-order valence-corrected chi connectivity index (χ1v) is 18.9. The molecule has 0 aliphatic carbocycles. The van der Waals surface area contributed by atoms with Crippen molar-refractivity contribution in [1.82, 2.24) is 0 Å². The molecule has 0 amide bonds. The van der Waals surface area contributed by atoms with E-state index in [9.17, 15) is 5.21 Å². The minimum Gasteiger partial charge on any atom is -0.754 e. The predicted molar refractivity (Wildman–Crippen MR) is 212 cm³/mol. The third-order valence-electron chi connectivity index (χ3n) is 8.67. The summed E-state index contributed by atoms with van der Waals surface area (Å²) in [6.07, 6.45) is 0. The molecule has 244 valence electrons. The minimum absolute atomic E-state index is 0.146. The molecule has 0 N–H and O–H groups in total. The van der Waals surface area contributed by atoms with Gasteiger partial charge in [0.15, 0.2) is 0 Å². The number of rotatable bonds is 9. The van der Waals surface area contributed by atoms with E-state index < -0.39 is 7.44 Å². The minimum atomic E-state index is -3.49. The van der Waals surface area contributed by atoms with Crippen LogP contribution in [0.2, 0.25) is 0 Å². The van der Waals surface area contributed by atoms with Gasteiger partial charge in [0.1, 0.15) is 0 Å². The lowest BCUT2D eigenvalue weighted by Crippen LogP contribution is -2.27. The van der Waals surface area contributed by atoms with Gasteiger partial charge in [-0.1, -0.05) is 109 Å². The SMILES string of the molecule is O=P1(c2ccc(PN(c3ccccc3)c3ccccc3N([O-])c3ccccc3)cc2)N(c2ccccc2)c2ccccc2N1c1ccccc1. The van der Waals surface area contributed by atoms with Gasteiger partial charge in [0.25, 0.3) is 0 Å². The molecule has 0 radical (unpaired) electrons. The Morgan fingerprint density at radius 3 is 1.40 bits per heavy atom. The average Bonchev–Trinajstić information content (AvgIpc) is 3.47. The molecule has 0 saturated heterocycles. The van der Waals surface area contributed by atoms with Crippen LogP contribution < -0.4 is 29.7 Å². The van der Waals surface area contributed by atoms with Crippen molar-refractivity contribution in [3.8, 4) is 0 Å². The molecule has 8 rings (SSSR count). The summed E-state index contributed by atoms with van der Waals surface area (Å²) in [4.78, 5) is 0. The van der Waals surface area contributed by atoms with Crippen molar-refractivity contribution in [2.24, 2.45) is 0 Å². The van der Waals surface area contributed by atoms with Crippen molar-refractivity contribution >= 4 is 72.3 Å². The highest BCUT2D eigenvalue weighted by molar-refractivity contribution is 7.76. The summed E-state index contributed by atoms with van der Waals surface area (Å²) < 4.78 is 22.2. The quantitative estimate of drug-likeness (QED) is 0.111. The number of hydrogen-bond donors (Lipinski definition) is 0. The smallest absolute Gasteiger partial charge is 0.301 e. The fourth-order valence-corrected chi connectivity index (χ4v) is 10.5. The van der Waals surface area contributed by atoms with E-state index in [2.05, 4.69) is 28.9 Å². The molecule has 0 bridgehead atoms. The van der Waals surface area contributed by atoms with Gasteiger partial charge < -0.3 is 14.9 Å². The summed E-state index contributed by atoms with van der Waals surface area (Å²) in [6, 6.07) is 63.2. The molecule has 6 nitrogen and oxygen atoms in total. The number of benzene rings is 7. The molecule has 8 heteroatoms. The number of anilines is 8. The second-order valence-electron chi connectivity index (χ2n) is 11.8. The van der Waals surface area contributed by atoms with Crippen molar-refractivity contribution in [3.05, 3.63) is 199 Å². The van der Waals surface area contributed by atoms with Crippen LogP contribution in [0.1, 0.15) is 0 Å². The molecule has 0 aromatic heterocycles. The Hall–Kier alpha value is -5.64. The molecule has 1 aliphatic rings. The number of fused-ring (bicyclic) bond motifs is 1. The van der Waals surface area contributed by atoms with Gasteiger partial charge in [-0.05, 0) is 90.2 Å². The highest BCUT2D eigenvalue weighted by Gasteiger charge is 2.48. The van der Waals surface area contributed by atoms with Gasteiger partial charge in [0.2, 0.25) is 0 Å². The Morgan fingerprint density at radius 2 is 0.880 bits per heavy atom. The van der Waals surface area contributed by atoms with Gasteiger partial charge in [-0.3, -0.25) is 13.9 Å². The average molecular weight is 688 g/mol. The van der Waals surface area contributed by atoms with Gasteiger partial charge in [-0.25, -0.2) is 0 Å². The molecule has 0 spiro atoms. The molecule has 1 unspecified atom stereocenters. The highest BCUT2D eigenvalue weighted by Crippen LogP contribution is 2.69. The zero-order chi connectivity index (χ0) is 33.9. The zero-order valence-electron chi connectivity index (χ0n) is 27.0. The summed E-state index contributed by atoms with van der Waals surface area (Å²) in [7, 11) is -3.34. The summed E-state index contributed by atoms with van der Waals surface area (Å²) in [6.45, 7) is 0. The van der Waals surface area contributed by atoms with E-state index >= 15 is 4.57 Å². The number of hydrogen-bond acceptors (Lipinski definition) is 4. The van der Waals surface area contributed by atoms with E-state index in [4.69, 9.17) is 0 Å². The van der Waals surface area contributed by atoms with Crippen LogP contribution in [-0.4, -0.2) is 0 Å². The topological polar surface area (TPSA) is 53.1 Å².